The van der Waals surface area contributed by atoms with Gasteiger partial charge < -0.3 is 41.2 Å². The number of benzene rings is 2. The van der Waals surface area contributed by atoms with Crippen molar-refractivity contribution in [3.05, 3.63) is 60.2 Å². The van der Waals surface area contributed by atoms with Crippen LogP contribution in [0.15, 0.2) is 54.6 Å². The summed E-state index contributed by atoms with van der Waals surface area (Å²) in [5.41, 5.74) is 10.1. The molecule has 1 saturated heterocycles. The lowest BCUT2D eigenvalue weighted by molar-refractivity contribution is -0.111. The molecule has 40 heavy (non-hydrogen) atoms. The van der Waals surface area contributed by atoms with E-state index in [4.69, 9.17) is 20.9 Å². The second-order valence-electron chi connectivity index (χ2n) is 9.87. The third-order valence-electron chi connectivity index (χ3n) is 6.55. The van der Waals surface area contributed by atoms with Gasteiger partial charge in [0.05, 0.1) is 18.4 Å². The quantitative estimate of drug-likeness (QED) is 0.224. The summed E-state index contributed by atoms with van der Waals surface area (Å²) in [7, 11) is 7.55. The van der Waals surface area contributed by atoms with E-state index >= 15 is 0 Å². The summed E-state index contributed by atoms with van der Waals surface area (Å²) in [5, 5.41) is 14.1. The number of carbonyl (C=O) groups excluding carboxylic acids is 1. The Labute approximate surface area is 235 Å². The molecular weight excluding hydrogens is 506 g/mol. The van der Waals surface area contributed by atoms with Crippen molar-refractivity contribution in [2.75, 3.05) is 82.2 Å². The lowest BCUT2D eigenvalue weighted by atomic mass is 10.0. The van der Waals surface area contributed by atoms with Gasteiger partial charge in [0.15, 0.2) is 0 Å². The predicted octanol–water partition coefficient (Wildman–Crippen LogP) is 3.28. The number of nitrogens with two attached hydrogens (primary N) is 1. The van der Waals surface area contributed by atoms with Crippen molar-refractivity contribution in [3.8, 4) is 17.0 Å². The number of ether oxygens (including phenoxy) is 1. The highest BCUT2D eigenvalue weighted by Crippen LogP contribution is 2.35. The van der Waals surface area contributed by atoms with Crippen molar-refractivity contribution in [2.24, 2.45) is 0 Å². The summed E-state index contributed by atoms with van der Waals surface area (Å²) in [6, 6.07) is 13.3. The number of hydrogen-bond donors (Lipinski definition) is 4. The van der Waals surface area contributed by atoms with Crippen LogP contribution in [0.5, 0.6) is 5.75 Å². The van der Waals surface area contributed by atoms with Gasteiger partial charge in [0.2, 0.25) is 11.9 Å². The average Bonchev–Trinajstić information content (AvgIpc) is 2.93. The molecule has 1 amide bonds. The average molecular weight is 544 g/mol. The molecule has 4 rings (SSSR count). The van der Waals surface area contributed by atoms with Gasteiger partial charge in [-0.1, -0.05) is 12.1 Å². The molecule has 0 unspecified atom stereocenters. The fraction of sp³-hybridized carbons (Fsp3) is 0.310. The largest absolute Gasteiger partial charge is 0.496 e. The van der Waals surface area contributed by atoms with Crippen molar-refractivity contribution in [1.29, 1.82) is 5.41 Å². The third-order valence-corrected chi connectivity index (χ3v) is 6.55. The summed E-state index contributed by atoms with van der Waals surface area (Å²) < 4.78 is 5.60. The highest BCUT2D eigenvalue weighted by molar-refractivity contribution is 6.00. The normalized spacial score (nSPS) is 14.0. The van der Waals surface area contributed by atoms with Crippen LogP contribution in [0.4, 0.5) is 28.8 Å². The molecule has 11 nitrogen and oxygen atoms in total. The highest BCUT2D eigenvalue weighted by atomic mass is 16.5. The molecule has 1 aliphatic rings. The number of nitrogens with zero attached hydrogens (tertiary/aromatic N) is 5. The van der Waals surface area contributed by atoms with Crippen molar-refractivity contribution >= 4 is 41.0 Å². The number of carbonyl (C=O) groups is 1. The molecule has 1 aliphatic heterocycles. The fourth-order valence-corrected chi connectivity index (χ4v) is 4.39. The number of rotatable bonds is 10. The van der Waals surface area contributed by atoms with Gasteiger partial charge in [-0.2, -0.15) is 4.98 Å². The zero-order valence-electron chi connectivity index (χ0n) is 23.4. The molecule has 0 aliphatic carbocycles. The number of anilines is 5. The molecule has 5 N–H and O–H groups in total. The minimum absolute atomic E-state index is 0.154. The van der Waals surface area contributed by atoms with Gasteiger partial charge >= 0.3 is 0 Å². The SMILES string of the molecule is COc1ccc(NC(=O)/C=C/CN(C)C)cc1-c1nc(Nc2cccc(N3CCN(C)CC3)c2)nc(N)c1C=N. The highest BCUT2D eigenvalue weighted by Gasteiger charge is 2.19. The van der Waals surface area contributed by atoms with E-state index in [1.807, 2.05) is 31.1 Å². The Hall–Kier alpha value is -4.48. The standard InChI is InChI=1S/C29H37N9O2/c1-36(2)12-6-9-26(39)32-21-10-11-25(40-4)23(18-21)27-24(19-30)28(31)35-29(34-27)33-20-7-5-8-22(17-20)38-15-13-37(3)14-16-38/h5-11,17-19,30H,12-16H2,1-4H3,(H,32,39)(H3,31,33,34,35)/b9-6+,30-19?. The minimum Gasteiger partial charge on any atom is -0.496 e. The number of methoxy groups -OCH3 is 1. The smallest absolute Gasteiger partial charge is 0.248 e. The van der Waals surface area contributed by atoms with Crippen LogP contribution in [-0.2, 0) is 4.79 Å². The van der Waals surface area contributed by atoms with Gasteiger partial charge in [0, 0.05) is 67.6 Å². The Bertz CT molecular complexity index is 1380. The van der Waals surface area contributed by atoms with Gasteiger partial charge in [0.1, 0.15) is 11.6 Å². The van der Waals surface area contributed by atoms with Crippen LogP contribution in [0.1, 0.15) is 5.56 Å². The van der Waals surface area contributed by atoms with Gasteiger partial charge in [-0.25, -0.2) is 4.98 Å². The number of hydrogen-bond acceptors (Lipinski definition) is 10. The Kier molecular flexibility index (Phi) is 9.31. The molecule has 210 valence electrons. The number of amides is 1. The maximum absolute atomic E-state index is 12.4. The second-order valence-corrected chi connectivity index (χ2v) is 9.87. The van der Waals surface area contributed by atoms with Crippen molar-refractivity contribution in [3.63, 3.8) is 0 Å². The van der Waals surface area contributed by atoms with Crippen molar-refractivity contribution < 1.29 is 9.53 Å². The fourth-order valence-electron chi connectivity index (χ4n) is 4.39. The lowest BCUT2D eigenvalue weighted by Gasteiger charge is -2.34. The Balaban J connectivity index is 1.64. The topological polar surface area (TPSA) is 136 Å². The van der Waals surface area contributed by atoms with Crippen molar-refractivity contribution in [2.45, 2.75) is 0 Å². The summed E-state index contributed by atoms with van der Waals surface area (Å²) in [6.07, 6.45) is 4.40. The van der Waals surface area contributed by atoms with Crippen LogP contribution >= 0.6 is 0 Å². The summed E-state index contributed by atoms with van der Waals surface area (Å²) >= 11 is 0. The van der Waals surface area contributed by atoms with E-state index in [2.05, 4.69) is 44.6 Å². The first-order valence-corrected chi connectivity index (χ1v) is 13.1. The zero-order chi connectivity index (χ0) is 28.6. The minimum atomic E-state index is -0.255. The van der Waals surface area contributed by atoms with E-state index in [1.165, 1.54) is 6.08 Å². The van der Waals surface area contributed by atoms with Crippen LogP contribution in [0.25, 0.3) is 11.3 Å². The van der Waals surface area contributed by atoms with E-state index in [-0.39, 0.29) is 17.7 Å². The number of piperazine rings is 1. The lowest BCUT2D eigenvalue weighted by Crippen LogP contribution is -2.44. The molecule has 1 aromatic heterocycles. The molecule has 2 aromatic carbocycles. The first-order chi connectivity index (χ1) is 19.3. The maximum Gasteiger partial charge on any atom is 0.248 e. The van der Waals surface area contributed by atoms with Crippen molar-refractivity contribution in [1.82, 2.24) is 19.8 Å². The molecule has 0 spiro atoms. The van der Waals surface area contributed by atoms with Crippen LogP contribution in [-0.4, -0.2) is 92.9 Å². The van der Waals surface area contributed by atoms with E-state index < -0.39 is 0 Å². The summed E-state index contributed by atoms with van der Waals surface area (Å²) in [6.45, 7) is 4.59. The first-order valence-electron chi connectivity index (χ1n) is 13.1. The van der Waals surface area contributed by atoms with Gasteiger partial charge in [-0.05, 0) is 57.5 Å². The zero-order valence-corrected chi connectivity index (χ0v) is 23.4. The van der Waals surface area contributed by atoms with Crippen LogP contribution < -0.4 is 26.0 Å². The molecule has 0 bridgehead atoms. The number of aromatic nitrogens is 2. The Morgan fingerprint density at radius 2 is 1.90 bits per heavy atom. The van der Waals surface area contributed by atoms with E-state index in [1.54, 1.807) is 31.4 Å². The van der Waals surface area contributed by atoms with Gasteiger partial charge in [-0.15, -0.1) is 0 Å². The predicted molar refractivity (Wildman–Crippen MR) is 162 cm³/mol. The van der Waals surface area contributed by atoms with Crippen LogP contribution in [0.2, 0.25) is 0 Å². The van der Waals surface area contributed by atoms with E-state index in [9.17, 15) is 4.79 Å². The molecule has 1 fully saturated rings. The second kappa shape index (κ2) is 13.0. The van der Waals surface area contributed by atoms with Crippen LogP contribution in [0, 0.1) is 5.41 Å². The number of nitrogen functional groups attached to an aromatic ring is 1. The molecule has 11 heteroatoms. The Morgan fingerprint density at radius 3 is 2.60 bits per heavy atom. The number of likely N-dealkylation sites (N-methyl/N-ethyl adjacent to an activating group) is 2. The summed E-state index contributed by atoms with van der Waals surface area (Å²) in [5.74, 6) is 0.706. The molecule has 0 atom stereocenters. The third kappa shape index (κ3) is 7.13. The van der Waals surface area contributed by atoms with E-state index in [0.29, 0.717) is 34.8 Å². The first kappa shape index (κ1) is 28.5. The molecule has 0 radical (unpaired) electrons. The van der Waals surface area contributed by atoms with E-state index in [0.717, 1.165) is 43.8 Å². The van der Waals surface area contributed by atoms with Crippen LogP contribution in [0.3, 0.4) is 0 Å². The van der Waals surface area contributed by atoms with Gasteiger partial charge in [-0.3, -0.25) is 4.79 Å². The van der Waals surface area contributed by atoms with Gasteiger partial charge in [0.25, 0.3) is 0 Å². The Morgan fingerprint density at radius 1 is 1.12 bits per heavy atom. The molecule has 0 saturated carbocycles. The summed E-state index contributed by atoms with van der Waals surface area (Å²) in [4.78, 5) is 28.2. The monoisotopic (exact) mass is 543 g/mol. The maximum atomic E-state index is 12.4. The molecular formula is C29H37N9O2. The molecule has 2 heterocycles. The number of nitrogens with one attached hydrogen (secondary N) is 3. The molecule has 3 aromatic rings.